The van der Waals surface area contributed by atoms with Crippen molar-refractivity contribution in [2.75, 3.05) is 20.3 Å². The van der Waals surface area contributed by atoms with Gasteiger partial charge in [0.25, 0.3) is 0 Å². The highest BCUT2D eigenvalue weighted by Crippen LogP contribution is 2.11. The zero-order valence-corrected chi connectivity index (χ0v) is 12.4. The van der Waals surface area contributed by atoms with Crippen LogP contribution in [0.1, 0.15) is 23.9 Å². The molecule has 0 saturated carbocycles. The van der Waals surface area contributed by atoms with Gasteiger partial charge in [0.2, 0.25) is 5.91 Å². The molecule has 1 amide bonds. The van der Waals surface area contributed by atoms with Gasteiger partial charge in [-0.25, -0.2) is 0 Å². The maximum atomic E-state index is 11.8. The molecular formula is C13H24N4O2. The lowest BCUT2D eigenvalue weighted by atomic mass is 10.2. The quantitative estimate of drug-likeness (QED) is 0.697. The van der Waals surface area contributed by atoms with E-state index in [0.29, 0.717) is 19.7 Å². The van der Waals surface area contributed by atoms with E-state index < -0.39 is 0 Å². The molecule has 2 N–H and O–H groups in total. The van der Waals surface area contributed by atoms with Crippen molar-refractivity contribution in [1.82, 2.24) is 20.4 Å². The normalized spacial score (nSPS) is 12.5. The number of methoxy groups -OCH3 is 1. The Balaban J connectivity index is 2.45. The number of aromatic nitrogens is 2. The van der Waals surface area contributed by atoms with Gasteiger partial charge in [-0.3, -0.25) is 9.48 Å². The van der Waals surface area contributed by atoms with E-state index in [-0.39, 0.29) is 11.9 Å². The minimum absolute atomic E-state index is 0.0174. The SMILES string of the molecule is COCCNC(=O)C(C)NCc1c(C)nn(C)c1C. The van der Waals surface area contributed by atoms with Crippen LogP contribution in [-0.4, -0.2) is 42.0 Å². The second-order valence-electron chi connectivity index (χ2n) is 4.66. The summed E-state index contributed by atoms with van der Waals surface area (Å²) >= 11 is 0. The number of carbonyl (C=O) groups is 1. The van der Waals surface area contributed by atoms with Crippen LogP contribution in [0.3, 0.4) is 0 Å². The van der Waals surface area contributed by atoms with Crippen LogP contribution < -0.4 is 10.6 Å². The van der Waals surface area contributed by atoms with Gasteiger partial charge in [0.15, 0.2) is 0 Å². The van der Waals surface area contributed by atoms with E-state index in [4.69, 9.17) is 4.74 Å². The van der Waals surface area contributed by atoms with Crippen LogP contribution in [0.5, 0.6) is 0 Å². The van der Waals surface area contributed by atoms with Crippen molar-refractivity contribution < 1.29 is 9.53 Å². The van der Waals surface area contributed by atoms with Crippen molar-refractivity contribution in [3.8, 4) is 0 Å². The van der Waals surface area contributed by atoms with Gasteiger partial charge >= 0.3 is 0 Å². The Kier molecular flexibility index (Phi) is 5.98. The Morgan fingerprint density at radius 3 is 2.68 bits per heavy atom. The second kappa shape index (κ2) is 7.25. The molecule has 0 aliphatic carbocycles. The van der Waals surface area contributed by atoms with Crippen LogP contribution in [0.25, 0.3) is 0 Å². The number of carbonyl (C=O) groups excluding carboxylic acids is 1. The van der Waals surface area contributed by atoms with Crippen LogP contribution in [0.2, 0.25) is 0 Å². The molecule has 0 aliphatic heterocycles. The lowest BCUT2D eigenvalue weighted by molar-refractivity contribution is -0.122. The molecular weight excluding hydrogens is 244 g/mol. The first-order chi connectivity index (χ1) is 8.97. The summed E-state index contributed by atoms with van der Waals surface area (Å²) < 4.78 is 6.75. The fourth-order valence-corrected chi connectivity index (χ4v) is 1.85. The minimum Gasteiger partial charge on any atom is -0.383 e. The number of amides is 1. The van der Waals surface area contributed by atoms with Crippen LogP contribution in [0.15, 0.2) is 0 Å². The van der Waals surface area contributed by atoms with Gasteiger partial charge in [0, 0.05) is 38.5 Å². The first kappa shape index (κ1) is 15.7. The molecule has 0 saturated heterocycles. The topological polar surface area (TPSA) is 68.2 Å². The molecule has 0 fully saturated rings. The maximum Gasteiger partial charge on any atom is 0.236 e. The molecule has 19 heavy (non-hydrogen) atoms. The van der Waals surface area contributed by atoms with Crippen LogP contribution in [-0.2, 0) is 23.1 Å². The van der Waals surface area contributed by atoms with Crippen molar-refractivity contribution in [1.29, 1.82) is 0 Å². The highest BCUT2D eigenvalue weighted by Gasteiger charge is 2.14. The number of nitrogens with one attached hydrogen (secondary N) is 2. The molecule has 0 aromatic carbocycles. The molecule has 6 nitrogen and oxygen atoms in total. The van der Waals surface area contributed by atoms with E-state index in [1.807, 2.05) is 32.5 Å². The van der Waals surface area contributed by atoms with Crippen LogP contribution >= 0.6 is 0 Å². The minimum atomic E-state index is -0.240. The first-order valence-electron chi connectivity index (χ1n) is 6.46. The Morgan fingerprint density at radius 2 is 2.16 bits per heavy atom. The molecule has 1 aromatic rings. The Hall–Kier alpha value is -1.40. The summed E-state index contributed by atoms with van der Waals surface area (Å²) in [6.45, 7) is 7.56. The number of hydrogen-bond acceptors (Lipinski definition) is 4. The van der Waals surface area contributed by atoms with Gasteiger partial charge in [0.05, 0.1) is 18.3 Å². The van der Waals surface area contributed by atoms with E-state index in [0.717, 1.165) is 17.0 Å². The van der Waals surface area contributed by atoms with Gasteiger partial charge in [0.1, 0.15) is 0 Å². The first-order valence-corrected chi connectivity index (χ1v) is 6.46. The van der Waals surface area contributed by atoms with Crippen LogP contribution in [0.4, 0.5) is 0 Å². The van der Waals surface area contributed by atoms with Crippen molar-refractivity contribution in [2.45, 2.75) is 33.4 Å². The summed E-state index contributed by atoms with van der Waals surface area (Å²) in [6.07, 6.45) is 0. The summed E-state index contributed by atoms with van der Waals surface area (Å²) in [5, 5.41) is 10.4. The van der Waals surface area contributed by atoms with Crippen LogP contribution in [0, 0.1) is 13.8 Å². The predicted molar refractivity (Wildman–Crippen MR) is 73.9 cm³/mol. The molecule has 1 atom stereocenters. The molecule has 1 unspecified atom stereocenters. The third-order valence-electron chi connectivity index (χ3n) is 3.24. The molecule has 108 valence electrons. The molecule has 1 heterocycles. The van der Waals surface area contributed by atoms with Gasteiger partial charge < -0.3 is 15.4 Å². The Labute approximate surface area is 114 Å². The van der Waals surface area contributed by atoms with Gasteiger partial charge in [-0.05, 0) is 20.8 Å². The number of ether oxygens (including phenoxy) is 1. The summed E-state index contributed by atoms with van der Waals surface area (Å²) in [4.78, 5) is 11.8. The summed E-state index contributed by atoms with van der Waals surface area (Å²) in [7, 11) is 3.54. The average molecular weight is 268 g/mol. The summed E-state index contributed by atoms with van der Waals surface area (Å²) in [6, 6.07) is -0.240. The van der Waals surface area contributed by atoms with Crippen molar-refractivity contribution in [3.05, 3.63) is 17.0 Å². The molecule has 0 aliphatic rings. The third kappa shape index (κ3) is 4.33. The smallest absolute Gasteiger partial charge is 0.236 e. The van der Waals surface area contributed by atoms with Crippen molar-refractivity contribution in [2.24, 2.45) is 7.05 Å². The second-order valence-corrected chi connectivity index (χ2v) is 4.66. The van der Waals surface area contributed by atoms with E-state index in [1.165, 1.54) is 0 Å². The van der Waals surface area contributed by atoms with Gasteiger partial charge in [-0.1, -0.05) is 0 Å². The van der Waals surface area contributed by atoms with E-state index in [2.05, 4.69) is 15.7 Å². The zero-order valence-electron chi connectivity index (χ0n) is 12.4. The monoisotopic (exact) mass is 268 g/mol. The molecule has 0 spiro atoms. The largest absolute Gasteiger partial charge is 0.383 e. The summed E-state index contributed by atoms with van der Waals surface area (Å²) in [5.41, 5.74) is 3.27. The number of aryl methyl sites for hydroxylation is 2. The molecule has 0 bridgehead atoms. The molecule has 0 radical (unpaired) electrons. The maximum absolute atomic E-state index is 11.8. The lowest BCUT2D eigenvalue weighted by Gasteiger charge is -2.14. The number of nitrogens with zero attached hydrogens (tertiary/aromatic N) is 2. The summed E-state index contributed by atoms with van der Waals surface area (Å²) in [5.74, 6) is -0.0174. The van der Waals surface area contributed by atoms with Gasteiger partial charge in [-0.15, -0.1) is 0 Å². The van der Waals surface area contributed by atoms with Crippen molar-refractivity contribution in [3.63, 3.8) is 0 Å². The number of hydrogen-bond donors (Lipinski definition) is 2. The predicted octanol–water partition coefficient (Wildman–Crippen LogP) is 0.278. The fraction of sp³-hybridized carbons (Fsp3) is 0.692. The molecule has 1 aromatic heterocycles. The standard InChI is InChI=1S/C13H24N4O2/c1-9-12(11(3)17(4)16-9)8-15-10(2)13(18)14-6-7-19-5/h10,15H,6-8H2,1-5H3,(H,14,18). The van der Waals surface area contributed by atoms with E-state index >= 15 is 0 Å². The van der Waals surface area contributed by atoms with E-state index in [9.17, 15) is 4.79 Å². The Bertz CT molecular complexity index is 429. The third-order valence-corrected chi connectivity index (χ3v) is 3.24. The lowest BCUT2D eigenvalue weighted by Crippen LogP contribution is -2.42. The zero-order chi connectivity index (χ0) is 14.4. The molecule has 1 rings (SSSR count). The Morgan fingerprint density at radius 1 is 1.47 bits per heavy atom. The highest BCUT2D eigenvalue weighted by atomic mass is 16.5. The van der Waals surface area contributed by atoms with E-state index in [1.54, 1.807) is 7.11 Å². The number of rotatable bonds is 7. The van der Waals surface area contributed by atoms with Gasteiger partial charge in [-0.2, -0.15) is 5.10 Å². The highest BCUT2D eigenvalue weighted by molar-refractivity contribution is 5.81. The molecule has 6 heteroatoms. The fourth-order valence-electron chi connectivity index (χ4n) is 1.85. The van der Waals surface area contributed by atoms with Crippen molar-refractivity contribution >= 4 is 5.91 Å². The average Bonchev–Trinajstić information content (AvgIpc) is 2.61.